The van der Waals surface area contributed by atoms with Crippen LogP contribution >= 0.6 is 0 Å². The number of likely N-dealkylation sites (tertiary alicyclic amines) is 1. The van der Waals surface area contributed by atoms with E-state index in [4.69, 9.17) is 9.47 Å². The van der Waals surface area contributed by atoms with Gasteiger partial charge in [0.05, 0.1) is 0 Å². The van der Waals surface area contributed by atoms with Gasteiger partial charge in [-0.3, -0.25) is 4.79 Å². The van der Waals surface area contributed by atoms with Crippen molar-refractivity contribution in [2.45, 2.75) is 25.4 Å². The highest BCUT2D eigenvalue weighted by atomic mass is 16.5. The van der Waals surface area contributed by atoms with Crippen molar-refractivity contribution >= 4 is 5.91 Å². The van der Waals surface area contributed by atoms with Gasteiger partial charge in [-0.15, -0.1) is 0 Å². The van der Waals surface area contributed by atoms with Crippen LogP contribution in [0.5, 0.6) is 17.2 Å². The SMILES string of the molecule is O=C(NCCCN1CCC(Oc2ccccc2)CC1)c1ccc(Oc2ccccc2)cc1. The average Bonchev–Trinajstić information content (AvgIpc) is 2.84. The molecule has 0 unspecified atom stereocenters. The Labute approximate surface area is 190 Å². The number of hydrogen-bond donors (Lipinski definition) is 1. The van der Waals surface area contributed by atoms with Crippen molar-refractivity contribution < 1.29 is 14.3 Å². The van der Waals surface area contributed by atoms with Gasteiger partial charge in [0.2, 0.25) is 0 Å². The van der Waals surface area contributed by atoms with Crippen LogP contribution in [-0.4, -0.2) is 43.1 Å². The average molecular weight is 431 g/mol. The number of piperidine rings is 1. The molecule has 0 radical (unpaired) electrons. The molecule has 3 aromatic carbocycles. The topological polar surface area (TPSA) is 50.8 Å². The van der Waals surface area contributed by atoms with Gasteiger partial charge in [-0.05, 0) is 74.3 Å². The molecular weight excluding hydrogens is 400 g/mol. The molecule has 5 heteroatoms. The molecule has 0 aliphatic carbocycles. The number of amides is 1. The molecule has 0 aromatic heterocycles. The summed E-state index contributed by atoms with van der Waals surface area (Å²) in [6, 6.07) is 26.9. The lowest BCUT2D eigenvalue weighted by Gasteiger charge is -2.32. The number of carbonyl (C=O) groups excluding carboxylic acids is 1. The van der Waals surface area contributed by atoms with Gasteiger partial charge in [0.15, 0.2) is 0 Å². The smallest absolute Gasteiger partial charge is 0.251 e. The Hall–Kier alpha value is -3.31. The highest BCUT2D eigenvalue weighted by molar-refractivity contribution is 5.94. The summed E-state index contributed by atoms with van der Waals surface area (Å²) in [5, 5.41) is 3.02. The minimum atomic E-state index is -0.0498. The predicted molar refractivity (Wildman–Crippen MR) is 126 cm³/mol. The monoisotopic (exact) mass is 430 g/mol. The molecule has 0 spiro atoms. The number of benzene rings is 3. The highest BCUT2D eigenvalue weighted by Gasteiger charge is 2.20. The first-order valence-corrected chi connectivity index (χ1v) is 11.3. The molecule has 32 heavy (non-hydrogen) atoms. The summed E-state index contributed by atoms with van der Waals surface area (Å²) in [4.78, 5) is 14.9. The van der Waals surface area contributed by atoms with Crippen molar-refractivity contribution in [1.82, 2.24) is 10.2 Å². The maximum atomic E-state index is 12.4. The fraction of sp³-hybridized carbons (Fsp3) is 0.296. The fourth-order valence-corrected chi connectivity index (χ4v) is 3.85. The molecule has 4 rings (SSSR count). The molecule has 1 aliphatic heterocycles. The van der Waals surface area contributed by atoms with Crippen molar-refractivity contribution in [3.8, 4) is 17.2 Å². The lowest BCUT2D eigenvalue weighted by Crippen LogP contribution is -2.39. The molecule has 0 bridgehead atoms. The maximum absolute atomic E-state index is 12.4. The summed E-state index contributed by atoms with van der Waals surface area (Å²) < 4.78 is 11.8. The zero-order valence-electron chi connectivity index (χ0n) is 18.3. The van der Waals surface area contributed by atoms with Crippen LogP contribution in [0.25, 0.3) is 0 Å². The summed E-state index contributed by atoms with van der Waals surface area (Å²) in [6.45, 7) is 3.73. The van der Waals surface area contributed by atoms with E-state index in [1.807, 2.05) is 72.8 Å². The normalized spacial score (nSPS) is 14.6. The second-order valence-corrected chi connectivity index (χ2v) is 8.02. The van der Waals surface area contributed by atoms with Crippen LogP contribution in [0.3, 0.4) is 0 Å². The zero-order valence-corrected chi connectivity index (χ0v) is 18.3. The number of para-hydroxylation sites is 2. The van der Waals surface area contributed by atoms with E-state index in [0.29, 0.717) is 24.0 Å². The van der Waals surface area contributed by atoms with Gasteiger partial charge in [0.1, 0.15) is 23.4 Å². The number of rotatable bonds is 9. The van der Waals surface area contributed by atoms with Crippen LogP contribution in [0.15, 0.2) is 84.9 Å². The Balaban J connectivity index is 1.12. The van der Waals surface area contributed by atoms with E-state index in [-0.39, 0.29) is 5.91 Å². The minimum absolute atomic E-state index is 0.0498. The first kappa shape index (κ1) is 21.9. The number of nitrogens with zero attached hydrogens (tertiary/aromatic N) is 1. The van der Waals surface area contributed by atoms with Crippen molar-refractivity contribution in [1.29, 1.82) is 0 Å². The van der Waals surface area contributed by atoms with Gasteiger partial charge >= 0.3 is 0 Å². The molecule has 1 N–H and O–H groups in total. The van der Waals surface area contributed by atoms with Gasteiger partial charge in [-0.1, -0.05) is 36.4 Å². The summed E-state index contributed by atoms with van der Waals surface area (Å²) in [5.41, 5.74) is 0.643. The van der Waals surface area contributed by atoms with E-state index in [1.165, 1.54) is 0 Å². The molecule has 1 aliphatic rings. The second-order valence-electron chi connectivity index (χ2n) is 8.02. The second kappa shape index (κ2) is 11.3. The van der Waals surface area contributed by atoms with Crippen molar-refractivity contribution in [3.63, 3.8) is 0 Å². The first-order chi connectivity index (χ1) is 15.8. The summed E-state index contributed by atoms with van der Waals surface area (Å²) >= 11 is 0. The molecule has 0 atom stereocenters. The lowest BCUT2D eigenvalue weighted by molar-refractivity contribution is 0.0935. The van der Waals surface area contributed by atoms with Crippen LogP contribution < -0.4 is 14.8 Å². The highest BCUT2D eigenvalue weighted by Crippen LogP contribution is 2.21. The minimum Gasteiger partial charge on any atom is -0.490 e. The Kier molecular flexibility index (Phi) is 7.77. The van der Waals surface area contributed by atoms with Gasteiger partial charge in [-0.25, -0.2) is 0 Å². The molecular formula is C27H30N2O3. The van der Waals surface area contributed by atoms with E-state index in [0.717, 1.165) is 50.4 Å². The molecule has 166 valence electrons. The Bertz CT molecular complexity index is 953. The van der Waals surface area contributed by atoms with Crippen LogP contribution in [0.4, 0.5) is 0 Å². The third-order valence-electron chi connectivity index (χ3n) is 5.61. The van der Waals surface area contributed by atoms with Gasteiger partial charge in [-0.2, -0.15) is 0 Å². The number of nitrogens with one attached hydrogen (secondary N) is 1. The van der Waals surface area contributed by atoms with Gasteiger partial charge in [0.25, 0.3) is 5.91 Å². The van der Waals surface area contributed by atoms with Crippen LogP contribution in [0.2, 0.25) is 0 Å². The Morgan fingerprint density at radius 3 is 2.06 bits per heavy atom. The van der Waals surface area contributed by atoms with Gasteiger partial charge in [0, 0.05) is 25.2 Å². The van der Waals surface area contributed by atoms with E-state index in [1.54, 1.807) is 12.1 Å². The van der Waals surface area contributed by atoms with Crippen LogP contribution in [0.1, 0.15) is 29.6 Å². The zero-order chi connectivity index (χ0) is 22.0. The van der Waals surface area contributed by atoms with E-state index in [9.17, 15) is 4.79 Å². The van der Waals surface area contributed by atoms with E-state index >= 15 is 0 Å². The van der Waals surface area contributed by atoms with Crippen molar-refractivity contribution in [2.24, 2.45) is 0 Å². The molecule has 0 saturated carbocycles. The summed E-state index contributed by atoms with van der Waals surface area (Å²) in [6.07, 6.45) is 3.31. The largest absolute Gasteiger partial charge is 0.490 e. The molecule has 5 nitrogen and oxygen atoms in total. The standard InChI is InChI=1S/C27H30N2O3/c30-27(22-12-14-25(15-13-22)31-23-8-3-1-4-9-23)28-18-7-19-29-20-16-26(17-21-29)32-24-10-5-2-6-11-24/h1-6,8-15,26H,7,16-21H2,(H,28,30). The molecule has 1 fully saturated rings. The molecule has 1 heterocycles. The molecule has 1 amide bonds. The van der Waals surface area contributed by atoms with Crippen molar-refractivity contribution in [2.75, 3.05) is 26.2 Å². The Morgan fingerprint density at radius 2 is 1.41 bits per heavy atom. The molecule has 3 aromatic rings. The van der Waals surface area contributed by atoms with Crippen LogP contribution in [0, 0.1) is 0 Å². The summed E-state index contributed by atoms with van der Waals surface area (Å²) in [5.74, 6) is 2.40. The van der Waals surface area contributed by atoms with Gasteiger partial charge < -0.3 is 19.7 Å². The Morgan fingerprint density at radius 1 is 0.812 bits per heavy atom. The van der Waals surface area contributed by atoms with Crippen LogP contribution in [-0.2, 0) is 0 Å². The quantitative estimate of drug-likeness (QED) is 0.478. The summed E-state index contributed by atoms with van der Waals surface area (Å²) in [7, 11) is 0. The number of carbonyl (C=O) groups is 1. The van der Waals surface area contributed by atoms with E-state index in [2.05, 4.69) is 10.2 Å². The number of hydrogen-bond acceptors (Lipinski definition) is 4. The van der Waals surface area contributed by atoms with Crippen molar-refractivity contribution in [3.05, 3.63) is 90.5 Å². The molecule has 1 saturated heterocycles. The lowest BCUT2D eigenvalue weighted by atomic mass is 10.1. The number of ether oxygens (including phenoxy) is 2. The third kappa shape index (κ3) is 6.59. The third-order valence-corrected chi connectivity index (χ3v) is 5.61. The maximum Gasteiger partial charge on any atom is 0.251 e. The first-order valence-electron chi connectivity index (χ1n) is 11.3. The predicted octanol–water partition coefficient (Wildman–Crippen LogP) is 5.14. The van der Waals surface area contributed by atoms with E-state index < -0.39 is 0 Å². The fourth-order valence-electron chi connectivity index (χ4n) is 3.85.